The molecule has 49 heavy (non-hydrogen) atoms. The van der Waals surface area contributed by atoms with Crippen molar-refractivity contribution < 1.29 is 35.5 Å². The number of aromatic nitrogens is 1. The summed E-state index contributed by atoms with van der Waals surface area (Å²) in [7, 11) is 1.40. The minimum absolute atomic E-state index is 0.0360. The van der Waals surface area contributed by atoms with Gasteiger partial charge >= 0.3 is 12.4 Å². The van der Waals surface area contributed by atoms with Crippen molar-refractivity contribution in [1.29, 1.82) is 0 Å². The molecule has 12 heteroatoms. The van der Waals surface area contributed by atoms with Gasteiger partial charge in [0, 0.05) is 44.8 Å². The van der Waals surface area contributed by atoms with E-state index < -0.39 is 46.2 Å². The highest BCUT2D eigenvalue weighted by Gasteiger charge is 2.41. The molecule has 0 radical (unpaired) electrons. The summed E-state index contributed by atoms with van der Waals surface area (Å²) in [6, 6.07) is 17.4. The lowest BCUT2D eigenvalue weighted by molar-refractivity contribution is -0.143. The van der Waals surface area contributed by atoms with Crippen molar-refractivity contribution >= 4 is 17.4 Å². The lowest BCUT2D eigenvalue weighted by Gasteiger charge is -2.41. The molecular weight excluding hydrogens is 649 g/mol. The van der Waals surface area contributed by atoms with E-state index in [1.807, 2.05) is 18.2 Å². The van der Waals surface area contributed by atoms with E-state index in [0.717, 1.165) is 19.6 Å². The number of anilines is 2. The maximum Gasteiger partial charge on any atom is 0.416 e. The van der Waals surface area contributed by atoms with Gasteiger partial charge in [0.1, 0.15) is 11.6 Å². The fraction of sp³-hybridized carbons (Fsp3) is 0.351. The summed E-state index contributed by atoms with van der Waals surface area (Å²) in [5, 5.41) is 0. The number of piperazine rings is 1. The summed E-state index contributed by atoms with van der Waals surface area (Å²) in [6.45, 7) is 9.32. The zero-order chi connectivity index (χ0) is 35.9. The van der Waals surface area contributed by atoms with Crippen molar-refractivity contribution in [3.8, 4) is 11.1 Å². The molecule has 0 saturated carbocycles. The Kier molecular flexibility index (Phi) is 9.84. The highest BCUT2D eigenvalue weighted by atomic mass is 19.4. The van der Waals surface area contributed by atoms with E-state index in [-0.39, 0.29) is 17.8 Å². The molecular formula is C37H37F7N4O. The van der Waals surface area contributed by atoms with Crippen LogP contribution in [0.25, 0.3) is 11.1 Å². The van der Waals surface area contributed by atoms with Crippen molar-refractivity contribution in [2.24, 2.45) is 0 Å². The van der Waals surface area contributed by atoms with E-state index in [1.165, 1.54) is 49.7 Å². The van der Waals surface area contributed by atoms with Crippen LogP contribution in [0.5, 0.6) is 0 Å². The van der Waals surface area contributed by atoms with Crippen molar-refractivity contribution in [2.45, 2.75) is 58.0 Å². The first kappa shape index (κ1) is 35.8. The highest BCUT2D eigenvalue weighted by molar-refractivity contribution is 6.03. The zero-order valence-corrected chi connectivity index (χ0v) is 27.8. The molecule has 260 valence electrons. The fourth-order valence-electron chi connectivity index (χ4n) is 6.33. The maximum atomic E-state index is 14.2. The van der Waals surface area contributed by atoms with Crippen molar-refractivity contribution in [2.75, 3.05) is 36.5 Å². The standard InChI is InChI=1S/C37H37F7N4O/c1-23-15-29(38)11-12-30(23)31-19-33(48-14-13-47(21-24(48)2)22-25-9-7-6-8-10-25)45-20-32(31)46(5)34(49)35(3,4)26-16-27(36(39,40)41)18-28(17-26)37(42,43)44/h6-12,15-20,24H,13-14,21-22H2,1-5H3/t24-/m1/s1. The van der Waals surface area contributed by atoms with Gasteiger partial charge in [-0.3, -0.25) is 9.69 Å². The third kappa shape index (κ3) is 7.74. The third-order valence-corrected chi connectivity index (χ3v) is 9.11. The summed E-state index contributed by atoms with van der Waals surface area (Å²) in [6.07, 6.45) is -8.67. The summed E-state index contributed by atoms with van der Waals surface area (Å²) < 4.78 is 96.3. The summed E-state index contributed by atoms with van der Waals surface area (Å²) in [5.41, 5.74) is -2.16. The number of alkyl halides is 6. The second-order valence-electron chi connectivity index (χ2n) is 13.1. The number of amides is 1. The van der Waals surface area contributed by atoms with E-state index in [0.29, 0.717) is 41.2 Å². The number of pyridine rings is 1. The molecule has 1 fully saturated rings. The van der Waals surface area contributed by atoms with Crippen LogP contribution in [0, 0.1) is 12.7 Å². The molecule has 5 nitrogen and oxygen atoms in total. The van der Waals surface area contributed by atoms with E-state index in [9.17, 15) is 35.5 Å². The van der Waals surface area contributed by atoms with Crippen molar-refractivity contribution in [1.82, 2.24) is 9.88 Å². The van der Waals surface area contributed by atoms with Gasteiger partial charge in [0.2, 0.25) is 5.91 Å². The van der Waals surface area contributed by atoms with Gasteiger partial charge in [0.25, 0.3) is 0 Å². The van der Waals surface area contributed by atoms with E-state index in [4.69, 9.17) is 0 Å². The van der Waals surface area contributed by atoms with Crippen LogP contribution in [0.1, 0.15) is 48.6 Å². The van der Waals surface area contributed by atoms with Crippen LogP contribution < -0.4 is 9.80 Å². The van der Waals surface area contributed by atoms with Crippen LogP contribution in [0.2, 0.25) is 0 Å². The SMILES string of the molecule is Cc1cc(F)ccc1-c1cc(N2CCN(Cc3ccccc3)C[C@H]2C)ncc1N(C)C(=O)C(C)(C)c1cc(C(F)(F)F)cc(C(F)(F)F)c1. The fourth-order valence-corrected chi connectivity index (χ4v) is 6.33. The lowest BCUT2D eigenvalue weighted by Crippen LogP contribution is -2.52. The van der Waals surface area contributed by atoms with Crippen molar-refractivity contribution in [3.05, 3.63) is 113 Å². The third-order valence-electron chi connectivity index (χ3n) is 9.11. The highest BCUT2D eigenvalue weighted by Crippen LogP contribution is 2.41. The molecule has 0 bridgehead atoms. The Hall–Kier alpha value is -4.45. The van der Waals surface area contributed by atoms with Gasteiger partial charge in [-0.15, -0.1) is 0 Å². The second-order valence-corrected chi connectivity index (χ2v) is 13.1. The van der Waals surface area contributed by atoms with E-state index >= 15 is 0 Å². The number of carbonyl (C=O) groups is 1. The molecule has 1 saturated heterocycles. The molecule has 1 atom stereocenters. The van der Waals surface area contributed by atoms with Gasteiger partial charge < -0.3 is 9.80 Å². The molecule has 3 aromatic carbocycles. The predicted molar refractivity (Wildman–Crippen MR) is 176 cm³/mol. The number of aryl methyl sites for hydroxylation is 1. The Morgan fingerprint density at radius 1 is 0.857 bits per heavy atom. The van der Waals surface area contributed by atoms with Crippen LogP contribution in [-0.2, 0) is 29.1 Å². The van der Waals surface area contributed by atoms with Gasteiger partial charge in [-0.25, -0.2) is 9.37 Å². The number of nitrogens with zero attached hydrogens (tertiary/aromatic N) is 4. The first-order chi connectivity index (χ1) is 22.9. The molecule has 4 aromatic rings. The Labute approximate surface area is 281 Å². The molecule has 5 rings (SSSR count). The molecule has 0 aliphatic carbocycles. The Morgan fingerprint density at radius 3 is 2.04 bits per heavy atom. The zero-order valence-electron chi connectivity index (χ0n) is 27.8. The minimum Gasteiger partial charge on any atom is -0.351 e. The number of likely N-dealkylation sites (N-methyl/N-ethyl adjacent to an activating group) is 1. The van der Waals surface area contributed by atoms with Gasteiger partial charge in [0.15, 0.2) is 0 Å². The molecule has 0 N–H and O–H groups in total. The first-order valence-corrected chi connectivity index (χ1v) is 15.7. The summed E-state index contributed by atoms with van der Waals surface area (Å²) in [4.78, 5) is 24.5. The Bertz CT molecular complexity index is 1790. The molecule has 1 amide bonds. The van der Waals surface area contributed by atoms with Gasteiger partial charge in [-0.05, 0) is 86.3 Å². The number of halogens is 7. The largest absolute Gasteiger partial charge is 0.416 e. The second kappa shape index (κ2) is 13.5. The van der Waals surface area contributed by atoms with Crippen LogP contribution >= 0.6 is 0 Å². The average Bonchev–Trinajstić information content (AvgIpc) is 3.03. The monoisotopic (exact) mass is 686 g/mol. The topological polar surface area (TPSA) is 39.7 Å². The molecule has 0 spiro atoms. The number of carbonyl (C=O) groups excluding carboxylic acids is 1. The van der Waals surface area contributed by atoms with Gasteiger partial charge in [-0.1, -0.05) is 36.4 Å². The van der Waals surface area contributed by atoms with Gasteiger partial charge in [0.05, 0.1) is 28.4 Å². The summed E-state index contributed by atoms with van der Waals surface area (Å²) >= 11 is 0. The van der Waals surface area contributed by atoms with E-state index in [2.05, 4.69) is 33.8 Å². The number of rotatable bonds is 7. The first-order valence-electron chi connectivity index (χ1n) is 15.7. The van der Waals surface area contributed by atoms with Crippen LogP contribution in [-0.4, -0.2) is 48.5 Å². The number of hydrogen-bond acceptors (Lipinski definition) is 4. The Balaban J connectivity index is 1.51. The quantitative estimate of drug-likeness (QED) is 0.182. The summed E-state index contributed by atoms with van der Waals surface area (Å²) in [5.74, 6) is -0.614. The maximum absolute atomic E-state index is 14.2. The van der Waals surface area contributed by atoms with Crippen molar-refractivity contribution in [3.63, 3.8) is 0 Å². The Morgan fingerprint density at radius 2 is 1.47 bits per heavy atom. The molecule has 2 heterocycles. The molecule has 1 aliphatic heterocycles. The minimum atomic E-state index is -5.07. The normalized spacial score (nSPS) is 16.2. The lowest BCUT2D eigenvalue weighted by atomic mass is 9.81. The van der Waals surface area contributed by atoms with Crippen LogP contribution in [0.3, 0.4) is 0 Å². The average molecular weight is 687 g/mol. The van der Waals surface area contributed by atoms with Gasteiger partial charge in [-0.2, -0.15) is 26.3 Å². The smallest absolute Gasteiger partial charge is 0.351 e. The predicted octanol–water partition coefficient (Wildman–Crippen LogP) is 8.89. The molecule has 0 unspecified atom stereocenters. The molecule has 1 aromatic heterocycles. The number of hydrogen-bond donors (Lipinski definition) is 0. The molecule has 1 aliphatic rings. The van der Waals surface area contributed by atoms with Crippen LogP contribution in [0.15, 0.2) is 79.0 Å². The van der Waals surface area contributed by atoms with E-state index in [1.54, 1.807) is 19.1 Å². The number of benzene rings is 3. The van der Waals surface area contributed by atoms with Crippen LogP contribution in [0.4, 0.5) is 42.2 Å².